The van der Waals surface area contributed by atoms with Crippen molar-refractivity contribution in [3.63, 3.8) is 0 Å². The summed E-state index contributed by atoms with van der Waals surface area (Å²) < 4.78 is 0. The molecule has 2 amide bonds. The van der Waals surface area contributed by atoms with Gasteiger partial charge in [-0.3, -0.25) is 14.5 Å². The summed E-state index contributed by atoms with van der Waals surface area (Å²) in [4.78, 5) is 33.5. The normalized spacial score (nSPS) is 18.5. The summed E-state index contributed by atoms with van der Waals surface area (Å²) in [6.45, 7) is 2.66. The first kappa shape index (κ1) is 16.8. The largest absolute Gasteiger partial charge is 0.343 e. The number of para-hydroxylation sites is 1. The highest BCUT2D eigenvalue weighted by Gasteiger charge is 2.42. The van der Waals surface area contributed by atoms with Crippen molar-refractivity contribution in [2.75, 3.05) is 28.2 Å². The Morgan fingerprint density at radius 3 is 3.00 bits per heavy atom. The van der Waals surface area contributed by atoms with Crippen molar-refractivity contribution in [1.82, 2.24) is 4.98 Å². The lowest BCUT2D eigenvalue weighted by Gasteiger charge is -2.38. The molecule has 0 saturated carbocycles. The molecule has 2 aliphatic rings. The monoisotopic (exact) mass is 370 g/mol. The topological polar surface area (TPSA) is 65.5 Å². The van der Waals surface area contributed by atoms with Gasteiger partial charge in [0.15, 0.2) is 5.82 Å². The molecule has 2 aliphatic heterocycles. The zero-order chi connectivity index (χ0) is 18.3. The highest BCUT2D eigenvalue weighted by Crippen LogP contribution is 2.39. The number of hydrogen-bond donors (Lipinski definition) is 1. The molecule has 1 aromatic carbocycles. The fourth-order valence-corrected chi connectivity index (χ4v) is 3.78. The Hall–Kier alpha value is -2.60. The summed E-state index contributed by atoms with van der Waals surface area (Å²) >= 11 is 6.10. The first-order chi connectivity index (χ1) is 12.5. The predicted molar refractivity (Wildman–Crippen MR) is 102 cm³/mol. The predicted octanol–water partition coefficient (Wildman–Crippen LogP) is 3.00. The Morgan fingerprint density at radius 2 is 2.19 bits per heavy atom. The SMILES string of the molecule is Cc1ccccc1NC(=O)CN1C(=O)C2CCCN2c2ncc(Cl)cc21. The van der Waals surface area contributed by atoms with Crippen LogP contribution < -0.4 is 15.1 Å². The van der Waals surface area contributed by atoms with Gasteiger partial charge in [-0.25, -0.2) is 4.98 Å². The number of halogens is 1. The van der Waals surface area contributed by atoms with Gasteiger partial charge in [-0.2, -0.15) is 0 Å². The fourth-order valence-electron chi connectivity index (χ4n) is 3.63. The molecule has 1 unspecified atom stereocenters. The van der Waals surface area contributed by atoms with Crippen molar-refractivity contribution < 1.29 is 9.59 Å². The third-order valence-corrected chi connectivity index (χ3v) is 5.11. The number of aromatic nitrogens is 1. The zero-order valence-corrected chi connectivity index (χ0v) is 15.2. The molecule has 1 fully saturated rings. The molecular weight excluding hydrogens is 352 g/mol. The summed E-state index contributed by atoms with van der Waals surface area (Å²) in [5.41, 5.74) is 2.31. The number of hydrogen-bond acceptors (Lipinski definition) is 4. The third kappa shape index (κ3) is 2.90. The molecule has 0 radical (unpaired) electrons. The van der Waals surface area contributed by atoms with Crippen LogP contribution in [0.5, 0.6) is 0 Å². The number of anilines is 3. The van der Waals surface area contributed by atoms with Gasteiger partial charge < -0.3 is 10.2 Å². The van der Waals surface area contributed by atoms with E-state index in [4.69, 9.17) is 11.6 Å². The van der Waals surface area contributed by atoms with Crippen molar-refractivity contribution in [3.8, 4) is 0 Å². The Kier molecular flexibility index (Phi) is 4.28. The third-order valence-electron chi connectivity index (χ3n) is 4.90. The number of carbonyl (C=O) groups excluding carboxylic acids is 2. The van der Waals surface area contributed by atoms with E-state index in [1.807, 2.05) is 36.1 Å². The Bertz CT molecular complexity index is 886. The van der Waals surface area contributed by atoms with E-state index in [9.17, 15) is 9.59 Å². The van der Waals surface area contributed by atoms with Crippen molar-refractivity contribution in [2.45, 2.75) is 25.8 Å². The molecule has 0 bridgehead atoms. The van der Waals surface area contributed by atoms with E-state index >= 15 is 0 Å². The summed E-state index contributed by atoms with van der Waals surface area (Å²) in [6, 6.07) is 9.01. The number of pyridine rings is 1. The highest BCUT2D eigenvalue weighted by molar-refractivity contribution is 6.31. The number of carbonyl (C=O) groups is 2. The van der Waals surface area contributed by atoms with Gasteiger partial charge in [0.2, 0.25) is 11.8 Å². The van der Waals surface area contributed by atoms with Crippen LogP contribution in [0.25, 0.3) is 0 Å². The molecule has 3 heterocycles. The highest BCUT2D eigenvalue weighted by atomic mass is 35.5. The lowest BCUT2D eigenvalue weighted by molar-refractivity contribution is -0.122. The Balaban J connectivity index is 1.62. The number of amides is 2. The lowest BCUT2D eigenvalue weighted by atomic mass is 10.1. The van der Waals surface area contributed by atoms with Gasteiger partial charge in [0.05, 0.1) is 10.7 Å². The molecule has 0 aliphatic carbocycles. The number of rotatable bonds is 3. The number of aryl methyl sites for hydroxylation is 1. The summed E-state index contributed by atoms with van der Waals surface area (Å²) in [5, 5.41) is 3.33. The summed E-state index contributed by atoms with van der Waals surface area (Å²) in [7, 11) is 0. The molecule has 4 rings (SSSR count). The molecular formula is C19H19ClN4O2. The molecule has 1 atom stereocenters. The van der Waals surface area contributed by atoms with Gasteiger partial charge in [0.1, 0.15) is 12.6 Å². The standard InChI is InChI=1S/C19H19ClN4O2/c1-12-5-2-3-6-14(12)22-17(25)11-24-16-9-13(20)10-21-18(16)23-8-4-7-15(23)19(24)26/h2-3,5-6,9-10,15H,4,7-8,11H2,1H3,(H,22,25). The average molecular weight is 371 g/mol. The van der Waals surface area contributed by atoms with E-state index in [2.05, 4.69) is 10.3 Å². The van der Waals surface area contributed by atoms with Gasteiger partial charge in [0, 0.05) is 18.4 Å². The maximum atomic E-state index is 13.0. The minimum absolute atomic E-state index is 0.0630. The minimum Gasteiger partial charge on any atom is -0.343 e. The van der Waals surface area contributed by atoms with Gasteiger partial charge in [-0.1, -0.05) is 29.8 Å². The van der Waals surface area contributed by atoms with E-state index in [1.54, 1.807) is 12.3 Å². The Labute approximate surface area is 156 Å². The number of nitrogens with zero attached hydrogens (tertiary/aromatic N) is 3. The number of benzene rings is 1. The van der Waals surface area contributed by atoms with Crippen LogP contribution in [-0.4, -0.2) is 35.9 Å². The second-order valence-electron chi connectivity index (χ2n) is 6.64. The van der Waals surface area contributed by atoms with Gasteiger partial charge in [-0.05, 0) is 37.5 Å². The van der Waals surface area contributed by atoms with Crippen LogP contribution in [0.15, 0.2) is 36.5 Å². The summed E-state index contributed by atoms with van der Waals surface area (Å²) in [6.07, 6.45) is 3.29. The molecule has 6 nitrogen and oxygen atoms in total. The molecule has 1 saturated heterocycles. The zero-order valence-electron chi connectivity index (χ0n) is 14.4. The van der Waals surface area contributed by atoms with E-state index in [0.29, 0.717) is 10.7 Å². The second kappa shape index (κ2) is 6.61. The fraction of sp³-hybridized carbons (Fsp3) is 0.316. The van der Waals surface area contributed by atoms with Crippen LogP contribution in [0.4, 0.5) is 17.2 Å². The smallest absolute Gasteiger partial charge is 0.250 e. The summed E-state index contributed by atoms with van der Waals surface area (Å²) in [5.74, 6) is 0.407. The first-order valence-corrected chi connectivity index (χ1v) is 9.01. The van der Waals surface area contributed by atoms with Crippen LogP contribution in [0, 0.1) is 6.92 Å². The molecule has 26 heavy (non-hydrogen) atoms. The van der Waals surface area contributed by atoms with E-state index in [-0.39, 0.29) is 24.4 Å². The van der Waals surface area contributed by atoms with Crippen molar-refractivity contribution in [1.29, 1.82) is 0 Å². The van der Waals surface area contributed by atoms with Crippen molar-refractivity contribution in [3.05, 3.63) is 47.1 Å². The van der Waals surface area contributed by atoms with E-state index < -0.39 is 0 Å². The Morgan fingerprint density at radius 1 is 1.38 bits per heavy atom. The quantitative estimate of drug-likeness (QED) is 0.902. The maximum absolute atomic E-state index is 13.0. The number of nitrogens with one attached hydrogen (secondary N) is 1. The molecule has 134 valence electrons. The average Bonchev–Trinajstić information content (AvgIpc) is 3.10. The van der Waals surface area contributed by atoms with Crippen LogP contribution >= 0.6 is 11.6 Å². The minimum atomic E-state index is -0.248. The van der Waals surface area contributed by atoms with E-state index in [1.165, 1.54) is 4.90 Å². The first-order valence-electron chi connectivity index (χ1n) is 8.63. The second-order valence-corrected chi connectivity index (χ2v) is 7.07. The molecule has 1 N–H and O–H groups in total. The molecule has 0 spiro atoms. The van der Waals surface area contributed by atoms with Crippen molar-refractivity contribution in [2.24, 2.45) is 0 Å². The van der Waals surface area contributed by atoms with Gasteiger partial charge >= 0.3 is 0 Å². The lowest BCUT2D eigenvalue weighted by Crippen LogP contribution is -2.53. The van der Waals surface area contributed by atoms with Crippen LogP contribution in [0.1, 0.15) is 18.4 Å². The maximum Gasteiger partial charge on any atom is 0.250 e. The van der Waals surface area contributed by atoms with Crippen LogP contribution in [0.2, 0.25) is 5.02 Å². The molecule has 2 aromatic rings. The van der Waals surface area contributed by atoms with Crippen LogP contribution in [-0.2, 0) is 9.59 Å². The van der Waals surface area contributed by atoms with Crippen LogP contribution in [0.3, 0.4) is 0 Å². The van der Waals surface area contributed by atoms with Gasteiger partial charge in [-0.15, -0.1) is 0 Å². The molecule has 7 heteroatoms. The molecule has 1 aromatic heterocycles. The van der Waals surface area contributed by atoms with Crippen molar-refractivity contribution >= 4 is 40.6 Å². The number of fused-ring (bicyclic) bond motifs is 3. The van der Waals surface area contributed by atoms with E-state index in [0.717, 1.165) is 36.5 Å². The van der Waals surface area contributed by atoms with Gasteiger partial charge in [0.25, 0.3) is 0 Å².